The van der Waals surface area contributed by atoms with Crippen molar-refractivity contribution >= 4 is 6.21 Å². The second-order valence-electron chi connectivity index (χ2n) is 1.76. The molecule has 0 fully saturated rings. The third-order valence-electron chi connectivity index (χ3n) is 0.756. The van der Waals surface area contributed by atoms with E-state index in [1.165, 1.54) is 0 Å². The summed E-state index contributed by atoms with van der Waals surface area (Å²) in [5.41, 5.74) is 4.99. The Morgan fingerprint density at radius 2 is 2.09 bits per heavy atom. The van der Waals surface area contributed by atoms with Crippen molar-refractivity contribution in [1.29, 1.82) is 5.41 Å². The van der Waals surface area contributed by atoms with E-state index in [1.807, 2.05) is 5.32 Å². The summed E-state index contributed by atoms with van der Waals surface area (Å²) >= 11 is 0. The molecule has 0 spiro atoms. The summed E-state index contributed by atoms with van der Waals surface area (Å²) in [5, 5.41) is 8.35. The van der Waals surface area contributed by atoms with Crippen molar-refractivity contribution in [1.82, 2.24) is 5.32 Å². The van der Waals surface area contributed by atoms with Crippen molar-refractivity contribution in [3.63, 3.8) is 0 Å². The van der Waals surface area contributed by atoms with Gasteiger partial charge in [-0.05, 0) is 6.08 Å². The predicted molar refractivity (Wildman–Crippen MR) is 35.1 cm³/mol. The minimum Gasteiger partial charge on any atom is -0.385 e. The third-order valence-corrected chi connectivity index (χ3v) is 0.756. The van der Waals surface area contributed by atoms with Crippen molar-refractivity contribution in [3.8, 4) is 0 Å². The zero-order chi connectivity index (χ0) is 8.91. The number of halogens is 3. The summed E-state index contributed by atoms with van der Waals surface area (Å²) in [6, 6.07) is 0. The van der Waals surface area contributed by atoms with Crippen LogP contribution < -0.4 is 11.1 Å². The van der Waals surface area contributed by atoms with Gasteiger partial charge in [0.05, 0.1) is 5.82 Å². The van der Waals surface area contributed by atoms with E-state index in [-0.39, 0.29) is 5.82 Å². The number of hydrogen-bond donors (Lipinski definition) is 3. The Hall–Kier alpha value is -1.20. The zero-order valence-electron chi connectivity index (χ0n) is 5.57. The van der Waals surface area contributed by atoms with Gasteiger partial charge < -0.3 is 16.5 Å². The molecule has 11 heavy (non-hydrogen) atoms. The monoisotopic (exact) mass is 167 g/mol. The highest BCUT2D eigenvalue weighted by atomic mass is 19.4. The second kappa shape index (κ2) is 3.85. The first-order valence-electron chi connectivity index (χ1n) is 2.72. The Morgan fingerprint density at radius 3 is 2.45 bits per heavy atom. The van der Waals surface area contributed by atoms with E-state index in [0.29, 0.717) is 0 Å². The highest BCUT2D eigenvalue weighted by molar-refractivity contribution is 5.68. The van der Waals surface area contributed by atoms with E-state index in [1.54, 1.807) is 0 Å². The van der Waals surface area contributed by atoms with Crippen LogP contribution in [0.4, 0.5) is 13.2 Å². The summed E-state index contributed by atoms with van der Waals surface area (Å²) in [4.78, 5) is 0. The number of nitrogens with two attached hydrogens (primary N) is 1. The van der Waals surface area contributed by atoms with Crippen LogP contribution in [0.15, 0.2) is 11.9 Å². The van der Waals surface area contributed by atoms with Gasteiger partial charge in [0, 0.05) is 6.21 Å². The average molecular weight is 167 g/mol. The molecule has 4 N–H and O–H groups in total. The van der Waals surface area contributed by atoms with Crippen molar-refractivity contribution in [2.24, 2.45) is 5.73 Å². The lowest BCUT2D eigenvalue weighted by atomic mass is 10.5. The van der Waals surface area contributed by atoms with Gasteiger partial charge in [-0.3, -0.25) is 0 Å². The predicted octanol–water partition coefficient (Wildman–Crippen LogP) is 0.588. The van der Waals surface area contributed by atoms with E-state index in [9.17, 15) is 13.2 Å². The van der Waals surface area contributed by atoms with E-state index < -0.39 is 12.7 Å². The summed E-state index contributed by atoms with van der Waals surface area (Å²) in [6.45, 7) is -1.18. The Morgan fingerprint density at radius 1 is 1.55 bits per heavy atom. The number of allylic oxidation sites excluding steroid dienone is 1. The van der Waals surface area contributed by atoms with Crippen LogP contribution in [0.3, 0.4) is 0 Å². The number of hydrogen-bond acceptors (Lipinski definition) is 3. The number of alkyl halides is 3. The Balaban J connectivity index is 3.71. The number of rotatable bonds is 3. The molecule has 3 nitrogen and oxygen atoms in total. The number of nitrogens with one attached hydrogen (secondary N) is 2. The normalized spacial score (nSPS) is 12.8. The summed E-state index contributed by atoms with van der Waals surface area (Å²) in [5.74, 6) is -0.169. The molecule has 0 radical (unpaired) electrons. The Kier molecular flexibility index (Phi) is 3.43. The van der Waals surface area contributed by atoms with Gasteiger partial charge in [0.1, 0.15) is 6.54 Å². The third kappa shape index (κ3) is 6.69. The van der Waals surface area contributed by atoms with Crippen LogP contribution in [0.5, 0.6) is 0 Å². The quantitative estimate of drug-likeness (QED) is 0.538. The van der Waals surface area contributed by atoms with Crippen molar-refractivity contribution in [3.05, 3.63) is 11.9 Å². The first-order valence-corrected chi connectivity index (χ1v) is 2.72. The maximum Gasteiger partial charge on any atom is 0.405 e. The van der Waals surface area contributed by atoms with Gasteiger partial charge in [-0.2, -0.15) is 13.2 Å². The minimum atomic E-state index is -4.28. The largest absolute Gasteiger partial charge is 0.405 e. The maximum absolute atomic E-state index is 11.5. The second-order valence-corrected chi connectivity index (χ2v) is 1.76. The van der Waals surface area contributed by atoms with Gasteiger partial charge >= 0.3 is 6.18 Å². The fourth-order valence-electron chi connectivity index (χ4n) is 0.351. The first-order chi connectivity index (χ1) is 4.95. The van der Waals surface area contributed by atoms with E-state index >= 15 is 0 Å². The molecule has 0 amide bonds. The molecule has 0 bridgehead atoms. The lowest BCUT2D eigenvalue weighted by Crippen LogP contribution is -2.31. The van der Waals surface area contributed by atoms with E-state index in [4.69, 9.17) is 11.1 Å². The van der Waals surface area contributed by atoms with Gasteiger partial charge in [0.2, 0.25) is 0 Å². The molecule has 0 aliphatic carbocycles. The van der Waals surface area contributed by atoms with Crippen LogP contribution in [0.1, 0.15) is 0 Å². The highest BCUT2D eigenvalue weighted by Crippen LogP contribution is 2.12. The smallest absolute Gasteiger partial charge is 0.385 e. The SMILES string of the molecule is N=C/C=C(/N)NCC(F)(F)F. The molecule has 0 saturated heterocycles. The molecule has 0 heterocycles. The molecule has 0 rings (SSSR count). The van der Waals surface area contributed by atoms with Gasteiger partial charge in [-0.1, -0.05) is 0 Å². The molecular formula is C5H8F3N3. The van der Waals surface area contributed by atoms with Crippen molar-refractivity contribution in [2.45, 2.75) is 6.18 Å². The van der Waals surface area contributed by atoms with Gasteiger partial charge in [0.15, 0.2) is 0 Å². The van der Waals surface area contributed by atoms with Crippen LogP contribution in [0, 0.1) is 5.41 Å². The fourth-order valence-corrected chi connectivity index (χ4v) is 0.351. The molecule has 0 aromatic carbocycles. The van der Waals surface area contributed by atoms with Gasteiger partial charge in [-0.15, -0.1) is 0 Å². The van der Waals surface area contributed by atoms with E-state index in [2.05, 4.69) is 0 Å². The van der Waals surface area contributed by atoms with Gasteiger partial charge in [0.25, 0.3) is 0 Å². The van der Waals surface area contributed by atoms with E-state index in [0.717, 1.165) is 12.3 Å². The average Bonchev–Trinajstić information content (AvgIpc) is 1.83. The zero-order valence-corrected chi connectivity index (χ0v) is 5.57. The van der Waals surface area contributed by atoms with Crippen LogP contribution in [0.2, 0.25) is 0 Å². The van der Waals surface area contributed by atoms with Crippen LogP contribution in [-0.4, -0.2) is 18.9 Å². The topological polar surface area (TPSA) is 61.9 Å². The molecular weight excluding hydrogens is 159 g/mol. The molecule has 0 aromatic rings. The standard InChI is InChI=1S/C5H8F3N3/c6-5(7,8)3-11-4(10)1-2-9/h1-2,9,11H,3,10H2/b4-1-,9-2?. The summed E-state index contributed by atoms with van der Waals surface area (Å²) in [6.07, 6.45) is -2.44. The maximum atomic E-state index is 11.5. The van der Waals surface area contributed by atoms with Crippen LogP contribution >= 0.6 is 0 Å². The lowest BCUT2D eigenvalue weighted by Gasteiger charge is -2.08. The fraction of sp³-hybridized carbons (Fsp3) is 0.400. The van der Waals surface area contributed by atoms with Gasteiger partial charge in [-0.25, -0.2) is 0 Å². The highest BCUT2D eigenvalue weighted by Gasteiger charge is 2.26. The Bertz CT molecular complexity index is 161. The molecule has 0 atom stereocenters. The summed E-state index contributed by atoms with van der Waals surface area (Å²) in [7, 11) is 0. The molecule has 0 unspecified atom stereocenters. The molecule has 0 aromatic heterocycles. The summed E-state index contributed by atoms with van der Waals surface area (Å²) < 4.78 is 34.4. The van der Waals surface area contributed by atoms with Crippen molar-refractivity contribution < 1.29 is 13.2 Å². The molecule has 0 aliphatic heterocycles. The first kappa shape index (κ1) is 9.80. The minimum absolute atomic E-state index is 0.169. The van der Waals surface area contributed by atoms with Crippen molar-refractivity contribution in [2.75, 3.05) is 6.54 Å². The van der Waals surface area contributed by atoms with Crippen LogP contribution in [-0.2, 0) is 0 Å². The molecule has 6 heteroatoms. The molecule has 64 valence electrons. The lowest BCUT2D eigenvalue weighted by molar-refractivity contribution is -0.123. The van der Waals surface area contributed by atoms with Crippen LogP contribution in [0.25, 0.3) is 0 Å². The molecule has 0 aliphatic rings. The Labute approximate surface area is 61.6 Å². The molecule has 0 saturated carbocycles.